The summed E-state index contributed by atoms with van der Waals surface area (Å²) in [6.07, 6.45) is -4.05. The number of carbonyl (C=O) groups excluding carboxylic acids is 5. The summed E-state index contributed by atoms with van der Waals surface area (Å²) in [4.78, 5) is 65.3. The fourth-order valence-electron chi connectivity index (χ4n) is 8.56. The predicted molar refractivity (Wildman–Crippen MR) is 224 cm³/mol. The van der Waals surface area contributed by atoms with Gasteiger partial charge in [-0.15, -0.1) is 0 Å². The number of hydrogen-bond donors (Lipinski definition) is 4. The molecule has 63 heavy (non-hydrogen) atoms. The molecule has 12 unspecified atom stereocenters. The molecule has 0 aromatic heterocycles. The highest BCUT2D eigenvalue weighted by molar-refractivity contribution is 5.83. The van der Waals surface area contributed by atoms with E-state index in [1.54, 1.807) is 53.7 Å². The molecule has 0 spiro atoms. The van der Waals surface area contributed by atoms with E-state index in [9.17, 15) is 44.4 Å². The lowest BCUT2D eigenvalue weighted by Gasteiger charge is -2.54. The van der Waals surface area contributed by atoms with Crippen molar-refractivity contribution in [3.63, 3.8) is 0 Å². The van der Waals surface area contributed by atoms with Gasteiger partial charge in [0.2, 0.25) is 5.79 Å². The van der Waals surface area contributed by atoms with Crippen molar-refractivity contribution in [2.24, 2.45) is 16.7 Å². The van der Waals surface area contributed by atoms with E-state index in [1.165, 1.54) is 27.2 Å². The molecule has 0 amide bonds. The Bertz CT molecular complexity index is 1730. The molecule has 0 aliphatic carbocycles. The van der Waals surface area contributed by atoms with E-state index in [-0.39, 0.29) is 56.9 Å². The van der Waals surface area contributed by atoms with E-state index < -0.39 is 120 Å². The second kappa shape index (κ2) is 21.5. The maximum atomic E-state index is 13.5. The van der Waals surface area contributed by atoms with Gasteiger partial charge in [0.05, 0.1) is 68.6 Å². The summed E-state index contributed by atoms with van der Waals surface area (Å²) in [7, 11) is 2.42. The highest BCUT2D eigenvalue weighted by Gasteiger charge is 2.59. The van der Waals surface area contributed by atoms with Crippen LogP contribution in [0.4, 0.5) is 0 Å². The summed E-state index contributed by atoms with van der Waals surface area (Å²) in [6, 6.07) is 0. The minimum Gasteiger partial charge on any atom is -0.466 e. The second-order valence-corrected chi connectivity index (χ2v) is 18.6. The first-order chi connectivity index (χ1) is 29.4. The van der Waals surface area contributed by atoms with Crippen molar-refractivity contribution in [1.29, 1.82) is 0 Å². The fraction of sp³-hybridized carbons (Fsp3) is 0.761. The molecule has 4 aliphatic heterocycles. The van der Waals surface area contributed by atoms with Gasteiger partial charge in [0.25, 0.3) is 0 Å². The first kappa shape index (κ1) is 51.9. The molecule has 3 saturated heterocycles. The number of methoxy groups -OCH3 is 2. The van der Waals surface area contributed by atoms with Gasteiger partial charge in [-0.1, -0.05) is 66.2 Å². The van der Waals surface area contributed by atoms with Crippen LogP contribution in [-0.2, 0) is 61.9 Å². The summed E-state index contributed by atoms with van der Waals surface area (Å²) in [5, 5.41) is 47.7. The number of esters is 5. The topological polar surface area (TPSA) is 240 Å². The van der Waals surface area contributed by atoms with Crippen molar-refractivity contribution in [3.8, 4) is 0 Å². The summed E-state index contributed by atoms with van der Waals surface area (Å²) in [5.41, 5.74) is -1.97. The number of cyclic esters (lactones) is 1. The first-order valence-corrected chi connectivity index (χ1v) is 22.1. The van der Waals surface area contributed by atoms with Gasteiger partial charge in [-0.3, -0.25) is 14.4 Å². The van der Waals surface area contributed by atoms with E-state index >= 15 is 0 Å². The van der Waals surface area contributed by atoms with Crippen LogP contribution < -0.4 is 0 Å². The third kappa shape index (κ3) is 12.8. The number of aliphatic hydroxyl groups excluding tert-OH is 2. The molecular formula is C46H70O17. The summed E-state index contributed by atoms with van der Waals surface area (Å²) < 4.78 is 47.1. The van der Waals surface area contributed by atoms with Crippen LogP contribution in [0, 0.1) is 16.7 Å². The lowest BCUT2D eigenvalue weighted by atomic mass is 9.70. The Hall–Kier alpha value is -3.71. The van der Waals surface area contributed by atoms with E-state index in [0.29, 0.717) is 18.4 Å². The van der Waals surface area contributed by atoms with Gasteiger partial charge >= 0.3 is 29.8 Å². The Morgan fingerprint density at radius 2 is 1.54 bits per heavy atom. The molecule has 4 heterocycles. The number of rotatable bonds is 9. The van der Waals surface area contributed by atoms with Gasteiger partial charge in [-0.2, -0.15) is 0 Å². The third-order valence-electron chi connectivity index (χ3n) is 12.9. The molecule has 3 fully saturated rings. The van der Waals surface area contributed by atoms with Crippen LogP contribution in [0.3, 0.4) is 0 Å². The van der Waals surface area contributed by atoms with Crippen molar-refractivity contribution in [2.75, 3.05) is 14.2 Å². The van der Waals surface area contributed by atoms with E-state index in [4.69, 9.17) is 37.9 Å². The normalized spacial score (nSPS) is 36.4. The predicted octanol–water partition coefficient (Wildman–Crippen LogP) is 4.19. The zero-order chi connectivity index (χ0) is 47.1. The summed E-state index contributed by atoms with van der Waals surface area (Å²) in [6.45, 7) is 13.4. The molecule has 0 radical (unpaired) electrons. The van der Waals surface area contributed by atoms with Crippen LogP contribution in [-0.4, -0.2) is 131 Å². The Morgan fingerprint density at radius 1 is 0.873 bits per heavy atom. The SMILES string of the molecule is CCCC(=O)OC1/C(=C\C(=O)OC)CC2CC(C(C)O)OC(=O)CC(O)CC3CC(OC(=O)C(C)CC)C(C)(C)C(O)(CC4C/C(=C/C(=O)OC)CC(/C=C\C(C)(C)C1(O)O2)O4)O3. The van der Waals surface area contributed by atoms with Crippen LogP contribution >= 0.6 is 0 Å². The van der Waals surface area contributed by atoms with Gasteiger partial charge in [0.1, 0.15) is 12.2 Å². The van der Waals surface area contributed by atoms with Crippen molar-refractivity contribution in [3.05, 3.63) is 35.5 Å². The van der Waals surface area contributed by atoms with E-state index in [1.807, 2.05) is 6.92 Å². The second-order valence-electron chi connectivity index (χ2n) is 18.6. The first-order valence-electron chi connectivity index (χ1n) is 22.1. The molecule has 4 N–H and O–H groups in total. The van der Waals surface area contributed by atoms with Crippen molar-refractivity contribution >= 4 is 29.8 Å². The number of ether oxygens (including phenoxy) is 8. The van der Waals surface area contributed by atoms with Crippen LogP contribution in [0.1, 0.15) is 126 Å². The minimum atomic E-state index is -2.41. The van der Waals surface area contributed by atoms with Crippen molar-refractivity contribution in [2.45, 2.75) is 193 Å². The Kier molecular flexibility index (Phi) is 17.7. The van der Waals surface area contributed by atoms with E-state index in [2.05, 4.69) is 0 Å². The van der Waals surface area contributed by atoms with Crippen LogP contribution in [0.25, 0.3) is 0 Å². The molecule has 12 atom stereocenters. The molecule has 4 rings (SSSR count). The van der Waals surface area contributed by atoms with Crippen LogP contribution in [0.5, 0.6) is 0 Å². The Morgan fingerprint density at radius 3 is 2.16 bits per heavy atom. The summed E-state index contributed by atoms with van der Waals surface area (Å²) in [5.74, 6) is -8.34. The third-order valence-corrected chi connectivity index (χ3v) is 12.9. The zero-order valence-corrected chi connectivity index (χ0v) is 38.5. The van der Waals surface area contributed by atoms with Gasteiger partial charge in [-0.05, 0) is 44.6 Å². The lowest BCUT2D eigenvalue weighted by Crippen LogP contribution is -2.62. The molecule has 0 saturated carbocycles. The Balaban J connectivity index is 1.89. The smallest absolute Gasteiger partial charge is 0.330 e. The quantitative estimate of drug-likeness (QED) is 0.110. The van der Waals surface area contributed by atoms with E-state index in [0.717, 1.165) is 6.08 Å². The maximum Gasteiger partial charge on any atom is 0.330 e. The molecule has 0 aromatic rings. The molecule has 4 aliphatic rings. The molecule has 0 aromatic carbocycles. The van der Waals surface area contributed by atoms with Gasteiger partial charge < -0.3 is 58.3 Å². The molecule has 6 bridgehead atoms. The van der Waals surface area contributed by atoms with Gasteiger partial charge in [0, 0.05) is 49.7 Å². The van der Waals surface area contributed by atoms with Gasteiger partial charge in [-0.25, -0.2) is 9.59 Å². The standard InChI is InChI=1S/C46H70O17/c1-11-13-37(49)61-41-29(20-39(51)57-10)19-32-23-35(27(4)47)59-40(52)22-30(48)21-33-24-36(60-42(53)26(3)12-2)44(7,8)45(54,62-33)25-34-17-28(18-38(50)56-9)16-31(58-34)14-15-43(5,6)46(41,55)63-32/h14-15,18,20,26-27,30-36,41,47-48,54-55H,11-13,16-17,19,21-25H2,1-10H3/b15-14-,28-18+,29-20-. The number of carbonyl (C=O) groups is 5. The zero-order valence-electron chi connectivity index (χ0n) is 38.5. The average molecular weight is 895 g/mol. The number of aliphatic hydroxyl groups is 4. The number of hydrogen-bond acceptors (Lipinski definition) is 17. The van der Waals surface area contributed by atoms with Crippen molar-refractivity contribution < 1.29 is 82.3 Å². The van der Waals surface area contributed by atoms with Crippen LogP contribution in [0.15, 0.2) is 35.5 Å². The Labute approximate surface area is 370 Å². The van der Waals surface area contributed by atoms with Crippen LogP contribution in [0.2, 0.25) is 0 Å². The molecule has 17 heteroatoms. The fourth-order valence-corrected chi connectivity index (χ4v) is 8.56. The summed E-state index contributed by atoms with van der Waals surface area (Å²) >= 11 is 0. The maximum absolute atomic E-state index is 13.5. The average Bonchev–Trinajstić information content (AvgIpc) is 3.19. The molecule has 356 valence electrons. The molecule has 17 nitrogen and oxygen atoms in total. The van der Waals surface area contributed by atoms with Crippen molar-refractivity contribution in [1.82, 2.24) is 0 Å². The monoisotopic (exact) mass is 894 g/mol. The lowest BCUT2D eigenvalue weighted by molar-refractivity contribution is -0.349. The molecular weight excluding hydrogens is 824 g/mol. The largest absolute Gasteiger partial charge is 0.466 e. The number of fused-ring (bicyclic) bond motifs is 6. The highest BCUT2D eigenvalue weighted by Crippen LogP contribution is 2.50. The van der Waals surface area contributed by atoms with Gasteiger partial charge in [0.15, 0.2) is 11.9 Å². The minimum absolute atomic E-state index is 0.00898. The highest BCUT2D eigenvalue weighted by atomic mass is 16.7.